The molecule has 1 heterocycles. The first-order valence-corrected chi connectivity index (χ1v) is 6.70. The van der Waals surface area contributed by atoms with Gasteiger partial charge in [-0.3, -0.25) is 0 Å². The van der Waals surface area contributed by atoms with Crippen LogP contribution in [0.15, 0.2) is 6.20 Å². The van der Waals surface area contributed by atoms with Crippen LogP contribution in [-0.2, 0) is 17.8 Å². The van der Waals surface area contributed by atoms with Gasteiger partial charge >= 0.3 is 0 Å². The van der Waals surface area contributed by atoms with Crippen molar-refractivity contribution in [3.63, 3.8) is 0 Å². The van der Waals surface area contributed by atoms with Gasteiger partial charge in [-0.25, -0.2) is 4.68 Å². The highest BCUT2D eigenvalue weighted by Gasteiger charge is 2.14. The standard InChI is InChI=1S/C12H22N4O2/c17-7-6-16-10-11(14-15-16)9-13-5-8-18-12-3-1-2-4-12/h10,12-13,17H,1-9H2. The quantitative estimate of drug-likeness (QED) is 0.654. The lowest BCUT2D eigenvalue weighted by Crippen LogP contribution is -2.22. The molecule has 0 radical (unpaired) electrons. The van der Waals surface area contributed by atoms with Crippen LogP contribution in [0.3, 0.4) is 0 Å². The van der Waals surface area contributed by atoms with Crippen LogP contribution < -0.4 is 5.32 Å². The van der Waals surface area contributed by atoms with Crippen molar-refractivity contribution in [2.24, 2.45) is 0 Å². The third kappa shape index (κ3) is 4.36. The Morgan fingerprint density at radius 1 is 1.44 bits per heavy atom. The van der Waals surface area contributed by atoms with Gasteiger partial charge in [0.2, 0.25) is 0 Å². The van der Waals surface area contributed by atoms with Crippen LogP contribution in [0.25, 0.3) is 0 Å². The number of aromatic nitrogens is 3. The van der Waals surface area contributed by atoms with Gasteiger partial charge in [-0.05, 0) is 12.8 Å². The third-order valence-electron chi connectivity index (χ3n) is 3.16. The number of hydrogen-bond donors (Lipinski definition) is 2. The van der Waals surface area contributed by atoms with Crippen molar-refractivity contribution >= 4 is 0 Å². The SMILES string of the molecule is OCCn1cc(CNCCOC2CCCC2)nn1. The van der Waals surface area contributed by atoms with Crippen LogP contribution >= 0.6 is 0 Å². The minimum Gasteiger partial charge on any atom is -0.394 e. The zero-order valence-corrected chi connectivity index (χ0v) is 10.7. The molecule has 0 unspecified atom stereocenters. The first kappa shape index (κ1) is 13.5. The fourth-order valence-electron chi connectivity index (χ4n) is 2.20. The van der Waals surface area contributed by atoms with E-state index in [2.05, 4.69) is 15.6 Å². The van der Waals surface area contributed by atoms with Crippen LogP contribution in [0.2, 0.25) is 0 Å². The fraction of sp³-hybridized carbons (Fsp3) is 0.833. The number of ether oxygens (including phenoxy) is 1. The average molecular weight is 254 g/mol. The van der Waals surface area contributed by atoms with Crippen molar-refractivity contribution in [2.45, 2.75) is 44.9 Å². The number of hydrogen-bond acceptors (Lipinski definition) is 5. The summed E-state index contributed by atoms with van der Waals surface area (Å²) in [6.07, 6.45) is 7.39. The van der Waals surface area contributed by atoms with E-state index < -0.39 is 0 Å². The second-order valence-corrected chi connectivity index (χ2v) is 4.65. The monoisotopic (exact) mass is 254 g/mol. The molecule has 1 aromatic rings. The fourth-order valence-corrected chi connectivity index (χ4v) is 2.20. The maximum absolute atomic E-state index is 8.76. The Kier molecular flexibility index (Phi) is 5.57. The summed E-state index contributed by atoms with van der Waals surface area (Å²) in [7, 11) is 0. The molecule has 1 saturated carbocycles. The molecule has 6 heteroatoms. The number of rotatable bonds is 8. The van der Waals surface area contributed by atoms with Gasteiger partial charge in [0.25, 0.3) is 0 Å². The number of nitrogens with zero attached hydrogens (tertiary/aromatic N) is 3. The van der Waals surface area contributed by atoms with Crippen molar-refractivity contribution < 1.29 is 9.84 Å². The maximum Gasteiger partial charge on any atom is 0.0964 e. The average Bonchev–Trinajstić information content (AvgIpc) is 3.01. The normalized spacial score (nSPS) is 16.5. The molecule has 0 bridgehead atoms. The van der Waals surface area contributed by atoms with E-state index in [0.29, 0.717) is 19.2 Å². The van der Waals surface area contributed by atoms with Crippen molar-refractivity contribution in [2.75, 3.05) is 19.8 Å². The van der Waals surface area contributed by atoms with Crippen LogP contribution in [0.4, 0.5) is 0 Å². The molecule has 1 aromatic heterocycles. The van der Waals surface area contributed by atoms with E-state index in [1.54, 1.807) is 4.68 Å². The van der Waals surface area contributed by atoms with Crippen LogP contribution in [0, 0.1) is 0 Å². The molecule has 0 aliphatic heterocycles. The summed E-state index contributed by atoms with van der Waals surface area (Å²) in [5.74, 6) is 0. The number of nitrogens with one attached hydrogen (secondary N) is 1. The van der Waals surface area contributed by atoms with Crippen molar-refractivity contribution in [1.29, 1.82) is 0 Å². The lowest BCUT2D eigenvalue weighted by Gasteiger charge is -2.10. The van der Waals surface area contributed by atoms with Crippen LogP contribution in [-0.4, -0.2) is 46.0 Å². The number of aliphatic hydroxyl groups excluding tert-OH is 1. The lowest BCUT2D eigenvalue weighted by atomic mass is 10.3. The van der Waals surface area contributed by atoms with Gasteiger partial charge in [-0.15, -0.1) is 5.10 Å². The molecule has 0 aromatic carbocycles. The zero-order valence-electron chi connectivity index (χ0n) is 10.7. The topological polar surface area (TPSA) is 72.2 Å². The van der Waals surface area contributed by atoms with Gasteiger partial charge in [0, 0.05) is 19.3 Å². The Bertz CT molecular complexity index is 337. The van der Waals surface area contributed by atoms with Gasteiger partial charge in [-0.1, -0.05) is 18.1 Å². The molecule has 6 nitrogen and oxygen atoms in total. The van der Waals surface area contributed by atoms with Crippen molar-refractivity contribution in [3.8, 4) is 0 Å². The highest BCUT2D eigenvalue weighted by molar-refractivity contribution is 4.91. The second-order valence-electron chi connectivity index (χ2n) is 4.65. The first-order valence-electron chi connectivity index (χ1n) is 6.70. The molecule has 2 rings (SSSR count). The predicted molar refractivity (Wildman–Crippen MR) is 67.0 cm³/mol. The number of aliphatic hydroxyl groups is 1. The van der Waals surface area contributed by atoms with Gasteiger partial charge in [-0.2, -0.15) is 0 Å². The summed E-state index contributed by atoms with van der Waals surface area (Å²) in [6.45, 7) is 2.88. The molecular formula is C12H22N4O2. The third-order valence-corrected chi connectivity index (χ3v) is 3.16. The Balaban J connectivity index is 1.54. The summed E-state index contributed by atoms with van der Waals surface area (Å²) in [5.41, 5.74) is 0.893. The van der Waals surface area contributed by atoms with E-state index in [1.165, 1.54) is 25.7 Å². The van der Waals surface area contributed by atoms with Gasteiger partial charge in [0.05, 0.1) is 31.6 Å². The largest absolute Gasteiger partial charge is 0.394 e. The minimum absolute atomic E-state index is 0.0887. The van der Waals surface area contributed by atoms with Gasteiger partial charge in [0.15, 0.2) is 0 Å². The molecular weight excluding hydrogens is 232 g/mol. The summed E-state index contributed by atoms with van der Waals surface area (Å²) < 4.78 is 7.39. The summed E-state index contributed by atoms with van der Waals surface area (Å²) in [5, 5.41) is 19.9. The molecule has 102 valence electrons. The Morgan fingerprint density at radius 3 is 3.06 bits per heavy atom. The van der Waals surface area contributed by atoms with Gasteiger partial charge in [0.1, 0.15) is 0 Å². The van der Waals surface area contributed by atoms with E-state index in [9.17, 15) is 0 Å². The first-order chi connectivity index (χ1) is 8.88. The molecule has 0 atom stereocenters. The maximum atomic E-state index is 8.76. The molecule has 2 N–H and O–H groups in total. The van der Waals surface area contributed by atoms with Crippen LogP contribution in [0.5, 0.6) is 0 Å². The second kappa shape index (κ2) is 7.45. The lowest BCUT2D eigenvalue weighted by molar-refractivity contribution is 0.0602. The van der Waals surface area contributed by atoms with E-state index >= 15 is 0 Å². The Morgan fingerprint density at radius 2 is 2.28 bits per heavy atom. The molecule has 0 amide bonds. The molecule has 0 saturated heterocycles. The summed E-state index contributed by atoms with van der Waals surface area (Å²) >= 11 is 0. The molecule has 1 aliphatic rings. The van der Waals surface area contributed by atoms with E-state index in [0.717, 1.165) is 18.8 Å². The molecule has 1 fully saturated rings. The zero-order chi connectivity index (χ0) is 12.6. The van der Waals surface area contributed by atoms with Crippen molar-refractivity contribution in [3.05, 3.63) is 11.9 Å². The van der Waals surface area contributed by atoms with E-state index in [4.69, 9.17) is 9.84 Å². The molecule has 1 aliphatic carbocycles. The minimum atomic E-state index is 0.0887. The highest BCUT2D eigenvalue weighted by atomic mass is 16.5. The van der Waals surface area contributed by atoms with E-state index in [-0.39, 0.29) is 6.61 Å². The van der Waals surface area contributed by atoms with Gasteiger partial charge < -0.3 is 15.2 Å². The summed E-state index contributed by atoms with van der Waals surface area (Å²) in [6, 6.07) is 0. The van der Waals surface area contributed by atoms with Crippen LogP contribution in [0.1, 0.15) is 31.4 Å². The molecule has 18 heavy (non-hydrogen) atoms. The summed E-state index contributed by atoms with van der Waals surface area (Å²) in [4.78, 5) is 0. The molecule has 0 spiro atoms. The Labute approximate surface area is 107 Å². The predicted octanol–water partition coefficient (Wildman–Crippen LogP) is 0.319. The smallest absolute Gasteiger partial charge is 0.0964 e. The Hall–Kier alpha value is -0.980. The van der Waals surface area contributed by atoms with Crippen molar-refractivity contribution in [1.82, 2.24) is 20.3 Å². The highest BCUT2D eigenvalue weighted by Crippen LogP contribution is 2.20. The van der Waals surface area contributed by atoms with E-state index in [1.807, 2.05) is 6.20 Å².